The zero-order chi connectivity index (χ0) is 10.6. The number of aryl methyl sites for hydroxylation is 1. The van der Waals surface area contributed by atoms with Gasteiger partial charge < -0.3 is 5.32 Å². The molecule has 78 valence electrons. The fraction of sp³-hybridized carbons (Fsp3) is 0.600. The molecule has 14 heavy (non-hydrogen) atoms. The number of aromatic nitrogens is 2. The third-order valence-electron chi connectivity index (χ3n) is 2.12. The first kappa shape index (κ1) is 11.3. The molecule has 1 heterocycles. The van der Waals surface area contributed by atoms with Crippen LogP contribution in [0.4, 0.5) is 5.82 Å². The lowest BCUT2D eigenvalue weighted by Gasteiger charge is -2.10. The van der Waals surface area contributed by atoms with Crippen LogP contribution in [0.5, 0.6) is 0 Å². The van der Waals surface area contributed by atoms with E-state index in [0.717, 1.165) is 29.5 Å². The van der Waals surface area contributed by atoms with Crippen molar-refractivity contribution in [3.63, 3.8) is 0 Å². The Hall–Kier alpha value is -0.770. The minimum absolute atomic E-state index is 0.875. The van der Waals surface area contributed by atoms with E-state index in [0.29, 0.717) is 0 Å². The molecule has 0 saturated heterocycles. The first-order chi connectivity index (χ1) is 6.72. The number of thioether (sulfide) groups is 1. The predicted molar refractivity (Wildman–Crippen MR) is 62.9 cm³/mol. The van der Waals surface area contributed by atoms with Crippen molar-refractivity contribution in [1.82, 2.24) is 9.97 Å². The van der Waals surface area contributed by atoms with E-state index < -0.39 is 0 Å². The molecule has 1 aromatic rings. The summed E-state index contributed by atoms with van der Waals surface area (Å²) in [5.41, 5.74) is 2.31. The van der Waals surface area contributed by atoms with Gasteiger partial charge in [0.1, 0.15) is 11.6 Å². The second-order valence-electron chi connectivity index (χ2n) is 3.09. The number of anilines is 1. The zero-order valence-electron chi connectivity index (χ0n) is 9.22. The molecule has 1 rings (SSSR count). The number of nitrogens with one attached hydrogen (secondary N) is 1. The lowest BCUT2D eigenvalue weighted by molar-refractivity contribution is 0.941. The highest BCUT2D eigenvalue weighted by atomic mass is 32.2. The Bertz CT molecular complexity index is 312. The smallest absolute Gasteiger partial charge is 0.140 e. The van der Waals surface area contributed by atoms with Crippen molar-refractivity contribution in [3.8, 4) is 0 Å². The van der Waals surface area contributed by atoms with Crippen LogP contribution in [0.25, 0.3) is 0 Å². The van der Waals surface area contributed by atoms with Gasteiger partial charge in [-0.05, 0) is 19.6 Å². The van der Waals surface area contributed by atoms with E-state index in [-0.39, 0.29) is 0 Å². The van der Waals surface area contributed by atoms with Crippen molar-refractivity contribution < 1.29 is 0 Å². The van der Waals surface area contributed by atoms with Gasteiger partial charge in [-0.3, -0.25) is 0 Å². The molecular formula is C10H17N3S. The van der Waals surface area contributed by atoms with Crippen molar-refractivity contribution in [1.29, 1.82) is 0 Å². The highest BCUT2D eigenvalue weighted by Gasteiger charge is 2.08. The van der Waals surface area contributed by atoms with Crippen molar-refractivity contribution in [2.45, 2.75) is 26.0 Å². The van der Waals surface area contributed by atoms with Crippen LogP contribution in [0.1, 0.15) is 24.0 Å². The Labute approximate surface area is 89.7 Å². The summed E-state index contributed by atoms with van der Waals surface area (Å²) in [5.74, 6) is 2.76. The quantitative estimate of drug-likeness (QED) is 0.829. The van der Waals surface area contributed by atoms with Gasteiger partial charge in [-0.2, -0.15) is 11.8 Å². The summed E-state index contributed by atoms with van der Waals surface area (Å²) in [6.07, 6.45) is 3.03. The van der Waals surface area contributed by atoms with Gasteiger partial charge in [0.2, 0.25) is 0 Å². The minimum atomic E-state index is 0.875. The first-order valence-electron chi connectivity index (χ1n) is 4.76. The van der Waals surface area contributed by atoms with Crippen LogP contribution in [-0.2, 0) is 12.2 Å². The SMILES string of the molecule is CCc1c(C)nc(CSC)nc1NC. The molecule has 0 saturated carbocycles. The summed E-state index contributed by atoms with van der Waals surface area (Å²) in [4.78, 5) is 8.94. The second kappa shape index (κ2) is 5.20. The van der Waals surface area contributed by atoms with E-state index in [9.17, 15) is 0 Å². The largest absolute Gasteiger partial charge is 0.373 e. The Morgan fingerprint density at radius 2 is 2.07 bits per heavy atom. The Morgan fingerprint density at radius 3 is 2.57 bits per heavy atom. The second-order valence-corrected chi connectivity index (χ2v) is 3.95. The highest BCUT2D eigenvalue weighted by Crippen LogP contribution is 2.17. The van der Waals surface area contributed by atoms with Crippen LogP contribution in [-0.4, -0.2) is 23.3 Å². The van der Waals surface area contributed by atoms with Gasteiger partial charge >= 0.3 is 0 Å². The van der Waals surface area contributed by atoms with E-state index >= 15 is 0 Å². The predicted octanol–water partition coefficient (Wildman–Crippen LogP) is 2.25. The van der Waals surface area contributed by atoms with Gasteiger partial charge in [0.15, 0.2) is 0 Å². The Morgan fingerprint density at radius 1 is 1.36 bits per heavy atom. The molecule has 0 aliphatic heterocycles. The molecule has 0 fully saturated rings. The molecule has 0 spiro atoms. The van der Waals surface area contributed by atoms with Crippen molar-refractivity contribution >= 4 is 17.6 Å². The van der Waals surface area contributed by atoms with E-state index in [2.05, 4.69) is 28.5 Å². The van der Waals surface area contributed by atoms with Gasteiger partial charge in [0.25, 0.3) is 0 Å². The molecule has 1 aromatic heterocycles. The molecule has 0 unspecified atom stereocenters. The number of rotatable bonds is 4. The summed E-state index contributed by atoms with van der Waals surface area (Å²) in [5, 5.41) is 3.13. The van der Waals surface area contributed by atoms with Crippen LogP contribution in [0.2, 0.25) is 0 Å². The number of nitrogens with zero attached hydrogens (tertiary/aromatic N) is 2. The van der Waals surface area contributed by atoms with Gasteiger partial charge in [0.05, 0.1) is 5.75 Å². The van der Waals surface area contributed by atoms with Crippen LogP contribution in [0.15, 0.2) is 0 Å². The van der Waals surface area contributed by atoms with Gasteiger partial charge in [-0.25, -0.2) is 9.97 Å². The van der Waals surface area contributed by atoms with Gasteiger partial charge in [0, 0.05) is 18.3 Å². The summed E-state index contributed by atoms with van der Waals surface area (Å²) < 4.78 is 0. The molecule has 0 radical (unpaired) electrons. The van der Waals surface area contributed by atoms with Crippen LogP contribution < -0.4 is 5.32 Å². The van der Waals surface area contributed by atoms with Crippen molar-refractivity contribution in [2.75, 3.05) is 18.6 Å². The monoisotopic (exact) mass is 211 g/mol. The summed E-state index contributed by atoms with van der Waals surface area (Å²) in [6, 6.07) is 0. The maximum atomic E-state index is 4.47. The summed E-state index contributed by atoms with van der Waals surface area (Å²) >= 11 is 1.74. The van der Waals surface area contributed by atoms with Gasteiger partial charge in [-0.15, -0.1) is 0 Å². The van der Waals surface area contributed by atoms with Crippen LogP contribution in [0.3, 0.4) is 0 Å². The standard InChI is InChI=1S/C10H17N3S/c1-5-8-7(2)12-9(6-14-4)13-10(8)11-3/h5-6H2,1-4H3,(H,11,12,13). The maximum Gasteiger partial charge on any atom is 0.140 e. The fourth-order valence-electron chi connectivity index (χ4n) is 1.48. The molecule has 0 atom stereocenters. The lowest BCUT2D eigenvalue weighted by Crippen LogP contribution is -2.06. The fourth-order valence-corrected chi connectivity index (χ4v) is 1.86. The third kappa shape index (κ3) is 2.38. The Balaban J connectivity index is 3.10. The topological polar surface area (TPSA) is 37.8 Å². The summed E-state index contributed by atoms with van der Waals surface area (Å²) in [6.45, 7) is 4.17. The minimum Gasteiger partial charge on any atom is -0.373 e. The van der Waals surface area contributed by atoms with Gasteiger partial charge in [-0.1, -0.05) is 6.92 Å². The molecule has 0 amide bonds. The number of hydrogen-bond donors (Lipinski definition) is 1. The maximum absolute atomic E-state index is 4.47. The highest BCUT2D eigenvalue weighted by molar-refractivity contribution is 7.97. The molecule has 3 nitrogen and oxygen atoms in total. The molecule has 0 aliphatic carbocycles. The Kier molecular flexibility index (Phi) is 4.20. The third-order valence-corrected chi connectivity index (χ3v) is 2.67. The molecule has 4 heteroatoms. The average molecular weight is 211 g/mol. The van der Waals surface area contributed by atoms with Crippen molar-refractivity contribution in [3.05, 3.63) is 17.1 Å². The summed E-state index contributed by atoms with van der Waals surface area (Å²) in [7, 11) is 1.91. The van der Waals surface area contributed by atoms with E-state index in [1.807, 2.05) is 14.0 Å². The molecule has 0 aromatic carbocycles. The normalized spacial score (nSPS) is 10.3. The molecular weight excluding hydrogens is 194 g/mol. The lowest BCUT2D eigenvalue weighted by atomic mass is 10.1. The van der Waals surface area contributed by atoms with Crippen LogP contribution in [0, 0.1) is 6.92 Å². The molecule has 0 aliphatic rings. The molecule has 1 N–H and O–H groups in total. The number of hydrogen-bond acceptors (Lipinski definition) is 4. The van der Waals surface area contributed by atoms with Crippen molar-refractivity contribution in [2.24, 2.45) is 0 Å². The van der Waals surface area contributed by atoms with Crippen LogP contribution >= 0.6 is 11.8 Å². The van der Waals surface area contributed by atoms with E-state index in [4.69, 9.17) is 0 Å². The van der Waals surface area contributed by atoms with E-state index in [1.165, 1.54) is 5.56 Å². The van der Waals surface area contributed by atoms with E-state index in [1.54, 1.807) is 11.8 Å². The zero-order valence-corrected chi connectivity index (χ0v) is 10.0. The average Bonchev–Trinajstić information content (AvgIpc) is 2.17. The first-order valence-corrected chi connectivity index (χ1v) is 6.15. The molecule has 0 bridgehead atoms.